The molecule has 1 atom stereocenters. The van der Waals surface area contributed by atoms with Crippen molar-refractivity contribution in [3.63, 3.8) is 0 Å². The second-order valence-corrected chi connectivity index (χ2v) is 10.4. The topological polar surface area (TPSA) is 71.0 Å². The van der Waals surface area contributed by atoms with Crippen molar-refractivity contribution in [1.29, 1.82) is 0 Å². The third-order valence-electron chi connectivity index (χ3n) is 5.09. The van der Waals surface area contributed by atoms with E-state index in [-0.39, 0.29) is 11.2 Å². The Bertz CT molecular complexity index is 752. The van der Waals surface area contributed by atoms with E-state index in [2.05, 4.69) is 36.0 Å². The molecule has 1 unspecified atom stereocenters. The maximum Gasteiger partial charge on any atom is 0.193 e. The van der Waals surface area contributed by atoms with Crippen LogP contribution >= 0.6 is 0 Å². The quantitative estimate of drug-likeness (QED) is 0.554. The molecule has 1 saturated heterocycles. The molecule has 0 bridgehead atoms. The highest BCUT2D eigenvalue weighted by molar-refractivity contribution is 7.91. The lowest BCUT2D eigenvalue weighted by atomic mass is 9.87. The van der Waals surface area contributed by atoms with Crippen LogP contribution in [0.4, 0.5) is 0 Å². The van der Waals surface area contributed by atoms with E-state index in [1.807, 2.05) is 19.1 Å². The normalized spacial score (nSPS) is 18.5. The van der Waals surface area contributed by atoms with Crippen molar-refractivity contribution in [2.45, 2.75) is 44.4 Å². The minimum atomic E-state index is -3.33. The molecule has 7 heteroatoms. The maximum atomic E-state index is 12.6. The van der Waals surface area contributed by atoms with E-state index in [1.165, 1.54) is 0 Å². The first-order chi connectivity index (χ1) is 13.2. The summed E-state index contributed by atoms with van der Waals surface area (Å²) in [6, 6.07) is 7.23. The van der Waals surface area contributed by atoms with Gasteiger partial charge in [-0.3, -0.25) is 4.99 Å². The fourth-order valence-corrected chi connectivity index (χ4v) is 4.51. The molecular weight excluding hydrogens is 374 g/mol. The maximum absolute atomic E-state index is 12.6. The van der Waals surface area contributed by atoms with Crippen LogP contribution in [-0.2, 0) is 20.0 Å². The molecule has 1 fully saturated rings. The van der Waals surface area contributed by atoms with Crippen LogP contribution in [0, 0.1) is 5.92 Å². The molecule has 1 aromatic carbocycles. The Hall–Kier alpha value is -1.60. The van der Waals surface area contributed by atoms with Crippen molar-refractivity contribution < 1.29 is 13.2 Å². The van der Waals surface area contributed by atoms with Gasteiger partial charge >= 0.3 is 0 Å². The number of likely N-dealkylation sites (tertiary alicyclic amines) is 1. The molecule has 1 N–H and O–H groups in total. The molecule has 0 radical (unpaired) electrons. The third-order valence-corrected chi connectivity index (χ3v) is 6.82. The van der Waals surface area contributed by atoms with E-state index in [0.29, 0.717) is 17.4 Å². The summed E-state index contributed by atoms with van der Waals surface area (Å²) in [7, 11) is -1.59. The van der Waals surface area contributed by atoms with E-state index in [4.69, 9.17) is 4.74 Å². The largest absolute Gasteiger partial charge is 0.381 e. The second-order valence-electron chi connectivity index (χ2n) is 8.33. The Morgan fingerprint density at radius 3 is 2.54 bits per heavy atom. The van der Waals surface area contributed by atoms with Gasteiger partial charge in [0.2, 0.25) is 0 Å². The predicted octanol–water partition coefficient (Wildman–Crippen LogP) is 2.69. The number of sulfone groups is 1. The molecule has 0 amide bonds. The monoisotopic (exact) mass is 409 g/mol. The first-order valence-electron chi connectivity index (χ1n) is 10.0. The van der Waals surface area contributed by atoms with E-state index >= 15 is 0 Å². The number of ether oxygens (including phenoxy) is 1. The molecule has 1 heterocycles. The number of hydrogen-bond acceptors (Lipinski definition) is 4. The van der Waals surface area contributed by atoms with Gasteiger partial charge in [-0.25, -0.2) is 8.42 Å². The number of nitrogens with zero attached hydrogens (tertiary/aromatic N) is 2. The molecule has 0 saturated carbocycles. The number of benzene rings is 1. The van der Waals surface area contributed by atoms with Crippen molar-refractivity contribution in [2.24, 2.45) is 10.9 Å². The summed E-state index contributed by atoms with van der Waals surface area (Å²) in [4.78, 5) is 6.86. The molecule has 1 aromatic rings. The van der Waals surface area contributed by atoms with E-state index < -0.39 is 9.84 Å². The zero-order valence-electron chi connectivity index (χ0n) is 17.9. The van der Waals surface area contributed by atoms with E-state index in [1.54, 1.807) is 19.2 Å². The van der Waals surface area contributed by atoms with Gasteiger partial charge in [-0.15, -0.1) is 0 Å². The fraction of sp³-hybridized carbons (Fsp3) is 0.667. The van der Waals surface area contributed by atoms with Gasteiger partial charge < -0.3 is 15.0 Å². The number of hydrogen-bond donors (Lipinski definition) is 1. The Morgan fingerprint density at radius 2 is 1.96 bits per heavy atom. The van der Waals surface area contributed by atoms with Crippen LogP contribution in [0.1, 0.15) is 39.7 Å². The summed E-state index contributed by atoms with van der Waals surface area (Å²) in [6.07, 6.45) is 1.07. The summed E-state index contributed by atoms with van der Waals surface area (Å²) in [5.74, 6) is 1.30. The minimum Gasteiger partial charge on any atom is -0.381 e. The summed E-state index contributed by atoms with van der Waals surface area (Å²) < 4.78 is 30.8. The summed E-state index contributed by atoms with van der Waals surface area (Å²) in [5.41, 5.74) is 1.13. The average molecular weight is 410 g/mol. The number of nitrogens with one attached hydrogen (secondary N) is 1. The molecule has 6 nitrogen and oxygen atoms in total. The highest BCUT2D eigenvalue weighted by Gasteiger charge is 2.25. The van der Waals surface area contributed by atoms with Crippen LogP contribution < -0.4 is 5.32 Å². The number of rotatable bonds is 7. The van der Waals surface area contributed by atoms with Gasteiger partial charge in [-0.1, -0.05) is 32.9 Å². The van der Waals surface area contributed by atoms with Gasteiger partial charge in [0.1, 0.15) is 0 Å². The Balaban J connectivity index is 1.88. The summed E-state index contributed by atoms with van der Waals surface area (Å²) in [5, 5.41) is 3.21. The second kappa shape index (κ2) is 9.74. The minimum absolute atomic E-state index is 0.00605. The highest BCUT2D eigenvalue weighted by Crippen LogP contribution is 2.23. The van der Waals surface area contributed by atoms with Crippen LogP contribution in [0.2, 0.25) is 0 Å². The van der Waals surface area contributed by atoms with Crippen molar-refractivity contribution in [3.8, 4) is 0 Å². The lowest BCUT2D eigenvalue weighted by molar-refractivity contribution is 0.114. The molecule has 158 valence electrons. The lowest BCUT2D eigenvalue weighted by Gasteiger charge is -2.22. The first kappa shape index (κ1) is 22.7. The lowest BCUT2D eigenvalue weighted by Crippen LogP contribution is -2.42. The molecule has 0 spiro atoms. The zero-order valence-corrected chi connectivity index (χ0v) is 18.7. The predicted molar refractivity (Wildman–Crippen MR) is 115 cm³/mol. The van der Waals surface area contributed by atoms with Crippen LogP contribution in [0.3, 0.4) is 0 Å². The Labute approximate surface area is 170 Å². The molecule has 0 aliphatic carbocycles. The van der Waals surface area contributed by atoms with Crippen LogP contribution in [0.15, 0.2) is 34.2 Å². The van der Waals surface area contributed by atoms with Crippen molar-refractivity contribution in [2.75, 3.05) is 45.6 Å². The first-order valence-corrected chi connectivity index (χ1v) is 11.7. The SMILES string of the molecule is CCOCC1CCN(C(=NC)NCCS(=O)(=O)c2ccc(C(C)(C)C)cc2)C1. The van der Waals surface area contributed by atoms with Gasteiger partial charge in [0.15, 0.2) is 15.8 Å². The Kier molecular flexibility index (Phi) is 7.89. The van der Waals surface area contributed by atoms with Gasteiger partial charge in [0.25, 0.3) is 0 Å². The van der Waals surface area contributed by atoms with Crippen molar-refractivity contribution in [3.05, 3.63) is 29.8 Å². The average Bonchev–Trinajstić information content (AvgIpc) is 3.11. The number of aliphatic imine (C=N–C) groups is 1. The van der Waals surface area contributed by atoms with Crippen molar-refractivity contribution >= 4 is 15.8 Å². The summed E-state index contributed by atoms with van der Waals surface area (Å²) in [6.45, 7) is 12.0. The fourth-order valence-electron chi connectivity index (χ4n) is 3.36. The molecular formula is C21H35N3O3S. The van der Waals surface area contributed by atoms with E-state index in [9.17, 15) is 8.42 Å². The number of guanidine groups is 1. The molecule has 2 rings (SSSR count). The third kappa shape index (κ3) is 6.21. The van der Waals surface area contributed by atoms with Crippen LogP contribution in [0.25, 0.3) is 0 Å². The van der Waals surface area contributed by atoms with Crippen molar-refractivity contribution in [1.82, 2.24) is 10.2 Å². The van der Waals surface area contributed by atoms with E-state index in [0.717, 1.165) is 44.2 Å². The zero-order chi connectivity index (χ0) is 20.8. The molecule has 1 aliphatic rings. The van der Waals surface area contributed by atoms with Gasteiger partial charge in [0, 0.05) is 39.2 Å². The molecule has 1 aliphatic heterocycles. The van der Waals surface area contributed by atoms with Crippen LogP contribution in [0.5, 0.6) is 0 Å². The standard InChI is InChI=1S/C21H35N3O3S/c1-6-27-16-17-11-13-24(15-17)20(22-5)23-12-14-28(25,26)19-9-7-18(8-10-19)21(2,3)4/h7-10,17H,6,11-16H2,1-5H3,(H,22,23). The Morgan fingerprint density at radius 1 is 1.29 bits per heavy atom. The summed E-state index contributed by atoms with van der Waals surface area (Å²) >= 11 is 0. The highest BCUT2D eigenvalue weighted by atomic mass is 32.2. The van der Waals surface area contributed by atoms with Gasteiger partial charge in [0.05, 0.1) is 17.3 Å². The van der Waals surface area contributed by atoms with Gasteiger partial charge in [-0.2, -0.15) is 0 Å². The van der Waals surface area contributed by atoms with Gasteiger partial charge in [-0.05, 0) is 36.5 Å². The van der Waals surface area contributed by atoms with Crippen LogP contribution in [-0.4, -0.2) is 64.9 Å². The molecule has 0 aromatic heterocycles. The smallest absolute Gasteiger partial charge is 0.193 e. The molecule has 28 heavy (non-hydrogen) atoms.